The molecular weight excluding hydrogens is 292 g/mol. The molecule has 0 fully saturated rings. The number of rotatable bonds is 5. The third-order valence-electron chi connectivity index (χ3n) is 2.30. The Labute approximate surface area is 114 Å². The molecule has 0 spiro atoms. The predicted octanol–water partition coefficient (Wildman–Crippen LogP) is 0.826. The minimum absolute atomic E-state index is 0.0504. The number of anilines is 1. The Morgan fingerprint density at radius 3 is 2.89 bits per heavy atom. The second-order valence-corrected chi connectivity index (χ2v) is 5.84. The Balaban J connectivity index is 2.07. The summed E-state index contributed by atoms with van der Waals surface area (Å²) in [5.41, 5.74) is 5.76. The molecule has 1 heterocycles. The number of nitrogens with two attached hydrogens (primary N) is 1. The van der Waals surface area contributed by atoms with E-state index in [2.05, 4.69) is 14.9 Å². The van der Waals surface area contributed by atoms with Gasteiger partial charge in [-0.3, -0.25) is 0 Å². The Morgan fingerprint density at radius 2 is 2.21 bits per heavy atom. The molecule has 2 rings (SSSR count). The van der Waals surface area contributed by atoms with E-state index in [9.17, 15) is 8.42 Å². The minimum Gasteiger partial charge on any atom is -0.398 e. The first-order valence-electron chi connectivity index (χ1n) is 5.29. The summed E-state index contributed by atoms with van der Waals surface area (Å²) in [6.45, 7) is 0.122. The van der Waals surface area contributed by atoms with Crippen LogP contribution in [-0.2, 0) is 16.4 Å². The van der Waals surface area contributed by atoms with Crippen molar-refractivity contribution in [1.29, 1.82) is 0 Å². The molecule has 2 aromatic rings. The number of hydrogen-bond donors (Lipinski definition) is 2. The topological polar surface area (TPSA) is 111 Å². The van der Waals surface area contributed by atoms with Crippen LogP contribution in [0.1, 0.15) is 5.89 Å². The third-order valence-corrected chi connectivity index (χ3v) is 4.05. The van der Waals surface area contributed by atoms with Crippen LogP contribution in [0.2, 0.25) is 5.02 Å². The summed E-state index contributed by atoms with van der Waals surface area (Å²) in [6, 6.07) is 4.26. The van der Waals surface area contributed by atoms with Crippen LogP contribution in [0.15, 0.2) is 33.9 Å². The summed E-state index contributed by atoms with van der Waals surface area (Å²) < 4.78 is 31.2. The van der Waals surface area contributed by atoms with E-state index in [1.807, 2.05) is 0 Å². The van der Waals surface area contributed by atoms with Crippen molar-refractivity contribution in [3.05, 3.63) is 35.4 Å². The highest BCUT2D eigenvalue weighted by Gasteiger charge is 2.17. The highest BCUT2D eigenvalue weighted by atomic mass is 35.5. The van der Waals surface area contributed by atoms with Gasteiger partial charge in [0.15, 0.2) is 6.33 Å². The Kier molecular flexibility index (Phi) is 4.03. The summed E-state index contributed by atoms with van der Waals surface area (Å²) >= 11 is 5.76. The van der Waals surface area contributed by atoms with E-state index in [-0.39, 0.29) is 17.1 Å². The van der Waals surface area contributed by atoms with Crippen molar-refractivity contribution >= 4 is 27.3 Å². The molecule has 0 unspecified atom stereocenters. The highest BCUT2D eigenvalue weighted by Crippen LogP contribution is 2.22. The lowest BCUT2D eigenvalue weighted by Gasteiger charge is -2.08. The van der Waals surface area contributed by atoms with Gasteiger partial charge in [-0.05, 0) is 18.2 Å². The Bertz CT molecular complexity index is 657. The number of nitrogens with zero attached hydrogens (tertiary/aromatic N) is 2. The molecule has 0 bridgehead atoms. The van der Waals surface area contributed by atoms with Gasteiger partial charge in [-0.2, -0.15) is 4.98 Å². The zero-order valence-electron chi connectivity index (χ0n) is 9.71. The molecule has 0 atom stereocenters. The number of sulfonamides is 1. The maximum Gasteiger partial charge on any atom is 0.242 e. The highest BCUT2D eigenvalue weighted by molar-refractivity contribution is 7.89. The Morgan fingerprint density at radius 1 is 1.42 bits per heavy atom. The maximum absolute atomic E-state index is 12.0. The summed E-state index contributed by atoms with van der Waals surface area (Å²) in [6.07, 6.45) is 1.54. The zero-order chi connectivity index (χ0) is 13.9. The summed E-state index contributed by atoms with van der Waals surface area (Å²) in [5.74, 6) is 0.349. The van der Waals surface area contributed by atoms with Crippen molar-refractivity contribution < 1.29 is 12.9 Å². The average Bonchev–Trinajstić information content (AvgIpc) is 2.85. The van der Waals surface area contributed by atoms with Crippen molar-refractivity contribution in [2.45, 2.75) is 11.3 Å². The normalized spacial score (nSPS) is 11.6. The standard InChI is InChI=1S/C10H11ClN4O3S/c11-7-1-2-8(12)9(5-7)19(16,17)15-4-3-10-13-6-14-18-10/h1-2,5-6,15H,3-4,12H2. The second-order valence-electron chi connectivity index (χ2n) is 3.66. The van der Waals surface area contributed by atoms with Crippen LogP contribution < -0.4 is 10.5 Å². The van der Waals surface area contributed by atoms with Gasteiger partial charge in [-0.1, -0.05) is 16.8 Å². The van der Waals surface area contributed by atoms with Crippen LogP contribution in [-0.4, -0.2) is 25.1 Å². The van der Waals surface area contributed by atoms with Crippen LogP contribution in [0.4, 0.5) is 5.69 Å². The first kappa shape index (κ1) is 13.8. The maximum atomic E-state index is 12.0. The average molecular weight is 303 g/mol. The van der Waals surface area contributed by atoms with Crippen LogP contribution in [0.3, 0.4) is 0 Å². The molecule has 3 N–H and O–H groups in total. The molecule has 0 saturated carbocycles. The van der Waals surface area contributed by atoms with E-state index >= 15 is 0 Å². The molecule has 0 radical (unpaired) electrons. The molecule has 19 heavy (non-hydrogen) atoms. The van der Waals surface area contributed by atoms with Crippen molar-refractivity contribution in [2.24, 2.45) is 0 Å². The van der Waals surface area contributed by atoms with Gasteiger partial charge in [-0.15, -0.1) is 0 Å². The van der Waals surface area contributed by atoms with Crippen LogP contribution in [0.5, 0.6) is 0 Å². The fourth-order valence-corrected chi connectivity index (χ4v) is 2.84. The summed E-state index contributed by atoms with van der Waals surface area (Å²) in [5, 5.41) is 3.72. The van der Waals surface area contributed by atoms with Crippen molar-refractivity contribution in [3.8, 4) is 0 Å². The molecule has 1 aromatic carbocycles. The van der Waals surface area contributed by atoms with E-state index in [1.165, 1.54) is 24.5 Å². The van der Waals surface area contributed by atoms with Gasteiger partial charge in [0.1, 0.15) is 4.90 Å². The number of halogens is 1. The van der Waals surface area contributed by atoms with Gasteiger partial charge >= 0.3 is 0 Å². The first-order valence-corrected chi connectivity index (χ1v) is 7.15. The van der Waals surface area contributed by atoms with Gasteiger partial charge in [0, 0.05) is 18.0 Å². The van der Waals surface area contributed by atoms with Gasteiger partial charge in [0.2, 0.25) is 15.9 Å². The van der Waals surface area contributed by atoms with E-state index in [0.717, 1.165) is 0 Å². The van der Waals surface area contributed by atoms with Gasteiger partial charge in [0.05, 0.1) is 5.69 Å². The quantitative estimate of drug-likeness (QED) is 0.791. The van der Waals surface area contributed by atoms with E-state index in [1.54, 1.807) is 0 Å². The van der Waals surface area contributed by atoms with Gasteiger partial charge < -0.3 is 10.3 Å². The fraction of sp³-hybridized carbons (Fsp3) is 0.200. The van der Waals surface area contributed by atoms with Crippen LogP contribution in [0, 0.1) is 0 Å². The van der Waals surface area contributed by atoms with E-state index < -0.39 is 10.0 Å². The van der Waals surface area contributed by atoms with Gasteiger partial charge in [-0.25, -0.2) is 13.1 Å². The fourth-order valence-electron chi connectivity index (χ4n) is 1.42. The molecule has 0 amide bonds. The molecule has 9 heteroatoms. The molecule has 102 valence electrons. The molecule has 0 aliphatic heterocycles. The second kappa shape index (κ2) is 5.55. The molecule has 0 saturated heterocycles. The zero-order valence-corrected chi connectivity index (χ0v) is 11.3. The molecular formula is C10H11ClN4O3S. The smallest absolute Gasteiger partial charge is 0.242 e. The molecule has 7 nitrogen and oxygen atoms in total. The minimum atomic E-state index is -3.72. The first-order chi connectivity index (χ1) is 8.99. The van der Waals surface area contributed by atoms with E-state index in [0.29, 0.717) is 17.3 Å². The largest absolute Gasteiger partial charge is 0.398 e. The van der Waals surface area contributed by atoms with Crippen molar-refractivity contribution in [3.63, 3.8) is 0 Å². The van der Waals surface area contributed by atoms with E-state index in [4.69, 9.17) is 21.9 Å². The molecule has 0 aliphatic rings. The number of nitrogens with one attached hydrogen (secondary N) is 1. The Hall–Kier alpha value is -1.64. The SMILES string of the molecule is Nc1ccc(Cl)cc1S(=O)(=O)NCCc1ncno1. The molecule has 0 aliphatic carbocycles. The molecule has 1 aromatic heterocycles. The third kappa shape index (κ3) is 3.43. The van der Waals surface area contributed by atoms with Crippen molar-refractivity contribution in [2.75, 3.05) is 12.3 Å². The monoisotopic (exact) mass is 302 g/mol. The number of aromatic nitrogens is 2. The predicted molar refractivity (Wildman–Crippen MR) is 69.1 cm³/mol. The lowest BCUT2D eigenvalue weighted by Crippen LogP contribution is -2.26. The number of benzene rings is 1. The van der Waals surface area contributed by atoms with Crippen LogP contribution in [0.25, 0.3) is 0 Å². The van der Waals surface area contributed by atoms with Crippen LogP contribution >= 0.6 is 11.6 Å². The number of hydrogen-bond acceptors (Lipinski definition) is 6. The summed E-state index contributed by atoms with van der Waals surface area (Å²) in [4.78, 5) is 3.73. The van der Waals surface area contributed by atoms with Crippen molar-refractivity contribution in [1.82, 2.24) is 14.9 Å². The lowest BCUT2D eigenvalue weighted by molar-refractivity contribution is 0.377. The summed E-state index contributed by atoms with van der Waals surface area (Å²) in [7, 11) is -3.72. The van der Waals surface area contributed by atoms with Gasteiger partial charge in [0.25, 0.3) is 0 Å². The number of nitrogen functional groups attached to an aromatic ring is 1. The lowest BCUT2D eigenvalue weighted by atomic mass is 10.3.